The molecule has 0 aromatic rings. The van der Waals surface area contributed by atoms with E-state index < -0.39 is 34.2 Å². The van der Waals surface area contributed by atoms with Gasteiger partial charge in [-0.1, -0.05) is 24.3 Å². The first-order valence-corrected chi connectivity index (χ1v) is 19.0. The Balaban J connectivity index is 3.53. The Hall–Kier alpha value is -0.612. The van der Waals surface area contributed by atoms with Gasteiger partial charge in [-0.15, -0.1) is 0 Å². The summed E-state index contributed by atoms with van der Waals surface area (Å²) in [4.78, 5) is 0. The van der Waals surface area contributed by atoms with Crippen molar-refractivity contribution in [2.45, 2.75) is 50.4 Å². The molecule has 28 heavy (non-hydrogen) atoms. The van der Waals surface area contributed by atoms with Gasteiger partial charge in [-0.25, -0.2) is 17.6 Å². The van der Waals surface area contributed by atoms with Crippen molar-refractivity contribution >= 4 is 34.2 Å². The second-order valence-corrected chi connectivity index (χ2v) is 21.4. The molecule has 0 aliphatic carbocycles. The van der Waals surface area contributed by atoms with Crippen molar-refractivity contribution in [3.8, 4) is 0 Å². The van der Waals surface area contributed by atoms with Gasteiger partial charge < -0.3 is 16.5 Å². The summed E-state index contributed by atoms with van der Waals surface area (Å²) in [7, 11) is -12.2. The van der Waals surface area contributed by atoms with E-state index in [0.717, 1.165) is 0 Å². The topological polar surface area (TPSA) is 36.9 Å². The minimum Gasteiger partial charge on any atom is -0.416 e. The van der Waals surface area contributed by atoms with Gasteiger partial charge >= 0.3 is 34.2 Å². The molecule has 0 aromatic heterocycles. The molecule has 0 spiro atoms. The van der Waals surface area contributed by atoms with Crippen molar-refractivity contribution in [2.24, 2.45) is 0 Å². The van der Waals surface area contributed by atoms with Gasteiger partial charge in [0.1, 0.15) is 0 Å². The van der Waals surface area contributed by atoms with Crippen LogP contribution in [0.5, 0.6) is 0 Å². The second kappa shape index (κ2) is 11.0. The normalized spacial score (nSPS) is 31.1. The SMILES string of the molecule is C[Si]1(C)O[Si](C)(C)O[Si](CC=CF)(CC=CF)O[Si](CC=CF)(CC=CF)O1. The number of hydrogen-bond donors (Lipinski definition) is 0. The van der Waals surface area contributed by atoms with E-state index in [1.54, 1.807) is 0 Å². The van der Waals surface area contributed by atoms with Crippen LogP contribution in [0.25, 0.3) is 0 Å². The Morgan fingerprint density at radius 2 is 0.786 bits per heavy atom. The van der Waals surface area contributed by atoms with Crippen LogP contribution in [0, 0.1) is 0 Å². The summed E-state index contributed by atoms with van der Waals surface area (Å²) in [5.41, 5.74) is 0. The molecular formula is C16H28F4O4Si4. The molecule has 0 saturated carbocycles. The van der Waals surface area contributed by atoms with Gasteiger partial charge in [0.05, 0.1) is 25.3 Å². The highest BCUT2D eigenvalue weighted by molar-refractivity contribution is 6.94. The summed E-state index contributed by atoms with van der Waals surface area (Å²) < 4.78 is 76.8. The molecule has 1 rings (SSSR count). The maximum Gasteiger partial charge on any atom is 0.328 e. The fourth-order valence-electron chi connectivity index (χ4n) is 3.31. The van der Waals surface area contributed by atoms with E-state index >= 15 is 0 Å². The quantitative estimate of drug-likeness (QED) is 0.307. The fraction of sp³-hybridized carbons (Fsp3) is 0.500. The Bertz CT molecular complexity index is 533. The van der Waals surface area contributed by atoms with Crippen molar-refractivity contribution in [1.82, 2.24) is 0 Å². The summed E-state index contributed by atoms with van der Waals surface area (Å²) in [6, 6.07) is 0.359. The molecule has 0 radical (unpaired) electrons. The van der Waals surface area contributed by atoms with Crippen LogP contribution in [-0.2, 0) is 16.5 Å². The van der Waals surface area contributed by atoms with Crippen LogP contribution in [-0.4, -0.2) is 34.2 Å². The van der Waals surface area contributed by atoms with Crippen LogP contribution >= 0.6 is 0 Å². The lowest BCUT2D eigenvalue weighted by Gasteiger charge is -2.49. The van der Waals surface area contributed by atoms with Crippen molar-refractivity contribution in [1.29, 1.82) is 0 Å². The summed E-state index contributed by atoms with van der Waals surface area (Å²) in [6.07, 6.45) is 6.51. The molecule has 1 aliphatic heterocycles. The molecule has 1 heterocycles. The van der Waals surface area contributed by atoms with E-state index in [9.17, 15) is 17.6 Å². The lowest BCUT2D eigenvalue weighted by molar-refractivity contribution is 0.229. The third kappa shape index (κ3) is 8.02. The first-order chi connectivity index (χ1) is 13.1. The van der Waals surface area contributed by atoms with Gasteiger partial charge in [0.25, 0.3) is 0 Å². The predicted octanol–water partition coefficient (Wildman–Crippen LogP) is 6.29. The molecular weight excluding hydrogens is 445 g/mol. The maximum atomic E-state index is 12.8. The average molecular weight is 473 g/mol. The summed E-state index contributed by atoms with van der Waals surface area (Å²) >= 11 is 0. The number of allylic oxidation sites excluding steroid dienone is 4. The molecule has 0 unspecified atom stereocenters. The van der Waals surface area contributed by atoms with E-state index in [-0.39, 0.29) is 24.2 Å². The summed E-state index contributed by atoms with van der Waals surface area (Å²) in [5, 5.41) is 0. The Morgan fingerprint density at radius 1 is 0.500 bits per heavy atom. The van der Waals surface area contributed by atoms with Crippen LogP contribution in [0.1, 0.15) is 0 Å². The minimum atomic E-state index is -3.31. The predicted molar refractivity (Wildman–Crippen MR) is 111 cm³/mol. The van der Waals surface area contributed by atoms with Crippen molar-refractivity contribution in [3.63, 3.8) is 0 Å². The van der Waals surface area contributed by atoms with Crippen LogP contribution in [0.2, 0.25) is 50.4 Å². The van der Waals surface area contributed by atoms with E-state index in [1.165, 1.54) is 24.3 Å². The first kappa shape index (κ1) is 25.4. The molecule has 12 heteroatoms. The summed E-state index contributed by atoms with van der Waals surface area (Å²) in [6.45, 7) is 7.30. The second-order valence-electron chi connectivity index (χ2n) is 7.29. The standard InChI is InChI=1S/C16H28F4O4Si4/c1-25(2)21-26(3,4)23-28(15-7-11-19,16-8-12-20)24-27(22-25,13-5-9-17)14-6-10-18/h5-12H,13-16H2,1-4H3. The van der Waals surface area contributed by atoms with Crippen LogP contribution < -0.4 is 0 Å². The van der Waals surface area contributed by atoms with E-state index in [2.05, 4.69) is 0 Å². The number of halogens is 4. The molecule has 0 bridgehead atoms. The van der Waals surface area contributed by atoms with Crippen LogP contribution in [0.15, 0.2) is 49.6 Å². The smallest absolute Gasteiger partial charge is 0.328 e. The van der Waals surface area contributed by atoms with E-state index in [1.807, 2.05) is 26.2 Å². The third-order valence-corrected chi connectivity index (χ3v) is 21.0. The molecule has 1 fully saturated rings. The van der Waals surface area contributed by atoms with Crippen molar-refractivity contribution in [3.05, 3.63) is 49.6 Å². The highest BCUT2D eigenvalue weighted by Gasteiger charge is 2.56. The molecule has 1 aliphatic rings. The van der Waals surface area contributed by atoms with Gasteiger partial charge in [0, 0.05) is 24.2 Å². The van der Waals surface area contributed by atoms with E-state index in [4.69, 9.17) is 16.5 Å². The van der Waals surface area contributed by atoms with Gasteiger partial charge in [-0.05, 0) is 26.2 Å². The molecule has 0 atom stereocenters. The fourth-order valence-corrected chi connectivity index (χ4v) is 24.9. The van der Waals surface area contributed by atoms with Crippen LogP contribution in [0.3, 0.4) is 0 Å². The molecule has 4 nitrogen and oxygen atoms in total. The first-order valence-electron chi connectivity index (χ1n) is 8.89. The minimum absolute atomic E-state index is 0.0897. The van der Waals surface area contributed by atoms with Crippen molar-refractivity contribution in [2.75, 3.05) is 0 Å². The average Bonchev–Trinajstić information content (AvgIpc) is 2.58. The molecule has 0 N–H and O–H groups in total. The third-order valence-electron chi connectivity index (χ3n) is 3.80. The molecule has 0 amide bonds. The number of rotatable bonds is 8. The number of hydrogen-bond acceptors (Lipinski definition) is 4. The van der Waals surface area contributed by atoms with Gasteiger partial charge in [-0.2, -0.15) is 0 Å². The monoisotopic (exact) mass is 472 g/mol. The van der Waals surface area contributed by atoms with Crippen molar-refractivity contribution < 1.29 is 34.0 Å². The lowest BCUT2D eigenvalue weighted by Crippen LogP contribution is -2.67. The highest BCUT2D eigenvalue weighted by atomic mass is 28.5. The Morgan fingerprint density at radius 3 is 1.04 bits per heavy atom. The molecule has 1 saturated heterocycles. The largest absolute Gasteiger partial charge is 0.416 e. The molecule has 160 valence electrons. The summed E-state index contributed by atoms with van der Waals surface area (Å²) in [5.74, 6) is 0. The van der Waals surface area contributed by atoms with Gasteiger partial charge in [-0.3, -0.25) is 0 Å². The zero-order valence-corrected chi connectivity index (χ0v) is 20.6. The van der Waals surface area contributed by atoms with Crippen LogP contribution in [0.4, 0.5) is 17.6 Å². The zero-order chi connectivity index (χ0) is 21.3. The zero-order valence-electron chi connectivity index (χ0n) is 16.6. The maximum absolute atomic E-state index is 12.8. The Labute approximate surface area is 168 Å². The lowest BCUT2D eigenvalue weighted by atomic mass is 10.7. The Kier molecular flexibility index (Phi) is 9.95. The van der Waals surface area contributed by atoms with E-state index in [0.29, 0.717) is 25.3 Å². The van der Waals surface area contributed by atoms with Gasteiger partial charge in [0.2, 0.25) is 0 Å². The highest BCUT2D eigenvalue weighted by Crippen LogP contribution is 2.38. The van der Waals surface area contributed by atoms with Gasteiger partial charge in [0.15, 0.2) is 0 Å². The molecule has 0 aromatic carbocycles.